The summed E-state index contributed by atoms with van der Waals surface area (Å²) in [6.07, 6.45) is 2.99. The number of hydrogen-bond donors (Lipinski definition) is 1. The molecular formula is C20H17ClN2O4S. The van der Waals surface area contributed by atoms with Crippen molar-refractivity contribution in [2.45, 2.75) is 17.7 Å². The molecule has 0 aliphatic carbocycles. The molecule has 6 nitrogen and oxygen atoms in total. The van der Waals surface area contributed by atoms with Gasteiger partial charge in [0.15, 0.2) is 5.76 Å². The Kier molecular flexibility index (Phi) is 4.87. The van der Waals surface area contributed by atoms with Crippen LogP contribution < -0.4 is 9.62 Å². The number of nitrogens with one attached hydrogen (secondary N) is 1. The molecule has 0 saturated carbocycles. The zero-order chi connectivity index (χ0) is 19.7. The topological polar surface area (TPSA) is 79.6 Å². The molecule has 3 aromatic rings. The number of fused-ring (bicyclic) bond motifs is 1. The highest BCUT2D eigenvalue weighted by atomic mass is 35.5. The Hall–Kier alpha value is -2.77. The van der Waals surface area contributed by atoms with Gasteiger partial charge in [0.2, 0.25) is 0 Å². The number of anilines is 2. The summed E-state index contributed by atoms with van der Waals surface area (Å²) in [5, 5.41) is 0.156. The molecular weight excluding hydrogens is 400 g/mol. The van der Waals surface area contributed by atoms with Crippen molar-refractivity contribution in [1.29, 1.82) is 0 Å². The van der Waals surface area contributed by atoms with Crippen LogP contribution in [0.25, 0.3) is 0 Å². The fraction of sp³-hybridized carbons (Fsp3) is 0.150. The van der Waals surface area contributed by atoms with Gasteiger partial charge in [-0.1, -0.05) is 23.7 Å². The van der Waals surface area contributed by atoms with Crippen molar-refractivity contribution in [3.05, 3.63) is 77.2 Å². The highest BCUT2D eigenvalue weighted by Crippen LogP contribution is 2.32. The van der Waals surface area contributed by atoms with Crippen molar-refractivity contribution in [3.8, 4) is 0 Å². The fourth-order valence-corrected chi connectivity index (χ4v) is 4.85. The number of amides is 1. The molecule has 0 unspecified atom stereocenters. The number of rotatable bonds is 4. The zero-order valence-electron chi connectivity index (χ0n) is 14.8. The Morgan fingerprint density at radius 1 is 1.11 bits per heavy atom. The van der Waals surface area contributed by atoms with Crippen LogP contribution in [0.3, 0.4) is 0 Å². The van der Waals surface area contributed by atoms with E-state index in [1.807, 2.05) is 0 Å². The van der Waals surface area contributed by atoms with Crippen molar-refractivity contribution in [1.82, 2.24) is 0 Å². The number of benzene rings is 2. The lowest BCUT2D eigenvalue weighted by Crippen LogP contribution is -2.35. The van der Waals surface area contributed by atoms with E-state index >= 15 is 0 Å². The summed E-state index contributed by atoms with van der Waals surface area (Å²) in [6, 6.07) is 14.7. The first-order valence-corrected chi connectivity index (χ1v) is 10.6. The van der Waals surface area contributed by atoms with Gasteiger partial charge in [0.25, 0.3) is 15.9 Å². The highest BCUT2D eigenvalue weighted by Gasteiger charge is 2.26. The number of halogens is 1. The van der Waals surface area contributed by atoms with E-state index in [0.29, 0.717) is 12.2 Å². The SMILES string of the molecule is O=C(c1ccco1)N1CCCc2cc(NS(=O)(=O)c3ccccc3Cl)ccc21. The van der Waals surface area contributed by atoms with Gasteiger partial charge in [0.05, 0.1) is 11.3 Å². The van der Waals surface area contributed by atoms with Crippen molar-refractivity contribution in [2.75, 3.05) is 16.2 Å². The number of aryl methyl sites for hydroxylation is 1. The second kappa shape index (κ2) is 7.33. The highest BCUT2D eigenvalue weighted by molar-refractivity contribution is 7.92. The third-order valence-electron chi connectivity index (χ3n) is 4.55. The maximum atomic E-state index is 12.7. The first-order valence-electron chi connectivity index (χ1n) is 8.71. The van der Waals surface area contributed by atoms with Gasteiger partial charge in [0.1, 0.15) is 4.90 Å². The zero-order valence-corrected chi connectivity index (χ0v) is 16.3. The number of sulfonamides is 1. The average molecular weight is 417 g/mol. The Morgan fingerprint density at radius 2 is 1.93 bits per heavy atom. The van der Waals surface area contributed by atoms with Gasteiger partial charge in [-0.2, -0.15) is 0 Å². The summed E-state index contributed by atoms with van der Waals surface area (Å²) in [5.41, 5.74) is 2.07. The second-order valence-electron chi connectivity index (χ2n) is 6.42. The lowest BCUT2D eigenvalue weighted by atomic mass is 10.0. The molecule has 1 aliphatic rings. The molecule has 8 heteroatoms. The van der Waals surface area contributed by atoms with Gasteiger partial charge in [-0.15, -0.1) is 0 Å². The minimum atomic E-state index is -3.81. The summed E-state index contributed by atoms with van der Waals surface area (Å²) in [7, 11) is -3.81. The van der Waals surface area contributed by atoms with E-state index in [0.717, 1.165) is 24.1 Å². The Morgan fingerprint density at radius 3 is 2.68 bits per heavy atom. The molecule has 4 rings (SSSR count). The van der Waals surface area contributed by atoms with Crippen molar-refractivity contribution in [2.24, 2.45) is 0 Å². The van der Waals surface area contributed by atoms with Crippen LogP contribution in [0.1, 0.15) is 22.5 Å². The predicted octanol–water partition coefficient (Wildman–Crippen LogP) is 4.33. The molecule has 28 heavy (non-hydrogen) atoms. The van der Waals surface area contributed by atoms with E-state index < -0.39 is 10.0 Å². The van der Waals surface area contributed by atoms with Gasteiger partial charge in [0, 0.05) is 17.9 Å². The largest absolute Gasteiger partial charge is 0.459 e. The quantitative estimate of drug-likeness (QED) is 0.686. The molecule has 0 spiro atoms. The smallest absolute Gasteiger partial charge is 0.293 e. The van der Waals surface area contributed by atoms with Crippen molar-refractivity contribution in [3.63, 3.8) is 0 Å². The first kappa shape index (κ1) is 18.6. The third kappa shape index (κ3) is 3.50. The van der Waals surface area contributed by atoms with Crippen LogP contribution in [0.2, 0.25) is 5.02 Å². The number of furan rings is 1. The summed E-state index contributed by atoms with van der Waals surface area (Å²) in [4.78, 5) is 14.3. The summed E-state index contributed by atoms with van der Waals surface area (Å²) in [6.45, 7) is 0.581. The molecule has 0 bridgehead atoms. The molecule has 0 radical (unpaired) electrons. The summed E-state index contributed by atoms with van der Waals surface area (Å²) in [5.74, 6) is 0.0618. The Bertz CT molecular complexity index is 1130. The number of carbonyl (C=O) groups excluding carboxylic acids is 1. The van der Waals surface area contributed by atoms with Gasteiger partial charge in [-0.3, -0.25) is 9.52 Å². The third-order valence-corrected chi connectivity index (χ3v) is 6.43. The van der Waals surface area contributed by atoms with Crippen LogP contribution in [0.4, 0.5) is 11.4 Å². The molecule has 1 N–H and O–H groups in total. The lowest BCUT2D eigenvalue weighted by Gasteiger charge is -2.29. The van der Waals surface area contributed by atoms with Crippen LogP contribution in [-0.4, -0.2) is 20.9 Å². The lowest BCUT2D eigenvalue weighted by molar-refractivity contribution is 0.0958. The van der Waals surface area contributed by atoms with E-state index in [1.54, 1.807) is 47.4 Å². The molecule has 0 atom stereocenters. The standard InChI is InChI=1S/C20H17ClN2O4S/c21-16-6-1-2-8-19(16)28(25,26)22-15-9-10-17-14(13-15)5-3-11-23(17)20(24)18-7-4-12-27-18/h1-2,4,6-10,12-13,22H,3,5,11H2. The van der Waals surface area contributed by atoms with Crippen molar-refractivity contribution >= 4 is 38.9 Å². The van der Waals surface area contributed by atoms with Crippen LogP contribution in [0.5, 0.6) is 0 Å². The molecule has 0 fully saturated rings. The molecule has 1 amide bonds. The van der Waals surface area contributed by atoms with E-state index in [-0.39, 0.29) is 21.6 Å². The molecule has 0 saturated heterocycles. The van der Waals surface area contributed by atoms with Gasteiger partial charge < -0.3 is 9.32 Å². The molecule has 1 aromatic heterocycles. The van der Waals surface area contributed by atoms with Gasteiger partial charge in [-0.05, 0) is 60.9 Å². The van der Waals surface area contributed by atoms with Gasteiger partial charge in [-0.25, -0.2) is 8.42 Å². The van der Waals surface area contributed by atoms with Crippen LogP contribution in [0, 0.1) is 0 Å². The van der Waals surface area contributed by atoms with Crippen LogP contribution >= 0.6 is 11.6 Å². The van der Waals surface area contributed by atoms with E-state index in [1.165, 1.54) is 18.4 Å². The average Bonchev–Trinajstić information content (AvgIpc) is 3.21. The summed E-state index contributed by atoms with van der Waals surface area (Å²) >= 11 is 6.02. The minimum Gasteiger partial charge on any atom is -0.459 e. The maximum Gasteiger partial charge on any atom is 0.293 e. The van der Waals surface area contributed by atoms with Crippen molar-refractivity contribution < 1.29 is 17.6 Å². The first-order chi connectivity index (χ1) is 13.5. The van der Waals surface area contributed by atoms with Crippen LogP contribution in [-0.2, 0) is 16.4 Å². The predicted molar refractivity (Wildman–Crippen MR) is 107 cm³/mol. The monoisotopic (exact) mass is 416 g/mol. The Balaban J connectivity index is 1.62. The fourth-order valence-electron chi connectivity index (χ4n) is 3.28. The molecule has 144 valence electrons. The number of hydrogen-bond acceptors (Lipinski definition) is 4. The molecule has 1 aliphatic heterocycles. The number of nitrogens with zero attached hydrogens (tertiary/aromatic N) is 1. The molecule has 2 heterocycles. The number of carbonyl (C=O) groups is 1. The Labute approximate surface area is 167 Å². The minimum absolute atomic E-state index is 0.0176. The molecule has 2 aromatic carbocycles. The van der Waals surface area contributed by atoms with Gasteiger partial charge >= 0.3 is 0 Å². The van der Waals surface area contributed by atoms with E-state index in [2.05, 4.69) is 4.72 Å². The summed E-state index contributed by atoms with van der Waals surface area (Å²) < 4.78 is 33.1. The van der Waals surface area contributed by atoms with E-state index in [4.69, 9.17) is 16.0 Å². The van der Waals surface area contributed by atoms with Crippen LogP contribution in [0.15, 0.2) is 70.2 Å². The second-order valence-corrected chi connectivity index (χ2v) is 8.48. The van der Waals surface area contributed by atoms with E-state index in [9.17, 15) is 13.2 Å². The normalized spacial score (nSPS) is 13.8. The maximum absolute atomic E-state index is 12.7.